The van der Waals surface area contributed by atoms with Crippen LogP contribution in [-0.4, -0.2) is 58.8 Å². The smallest absolute Gasteiger partial charge is 0.226 e. The molecular weight excluding hydrogens is 356 g/mol. The minimum atomic E-state index is 0.0945. The molecule has 0 aliphatic carbocycles. The Hall–Kier alpha value is -2.25. The summed E-state index contributed by atoms with van der Waals surface area (Å²) in [6.45, 7) is 6.80. The Morgan fingerprint density at radius 1 is 1.29 bits per heavy atom. The molecule has 7 nitrogen and oxygen atoms in total. The Balaban J connectivity index is 1.20. The van der Waals surface area contributed by atoms with Crippen molar-refractivity contribution in [2.75, 3.05) is 19.7 Å². The van der Waals surface area contributed by atoms with E-state index >= 15 is 0 Å². The van der Waals surface area contributed by atoms with E-state index in [-0.39, 0.29) is 18.1 Å². The lowest BCUT2D eigenvalue weighted by Gasteiger charge is -2.33. The van der Waals surface area contributed by atoms with Gasteiger partial charge in [0.2, 0.25) is 17.6 Å². The number of aryl methyl sites for hydroxylation is 2. The van der Waals surface area contributed by atoms with E-state index in [9.17, 15) is 4.79 Å². The Morgan fingerprint density at radius 3 is 2.93 bits per heavy atom. The van der Waals surface area contributed by atoms with E-state index < -0.39 is 0 Å². The van der Waals surface area contributed by atoms with Gasteiger partial charge >= 0.3 is 0 Å². The summed E-state index contributed by atoms with van der Waals surface area (Å²) in [5, 5.41) is 7.21. The number of fused-ring (bicyclic) bond motifs is 1. The van der Waals surface area contributed by atoms with Crippen LogP contribution in [0.2, 0.25) is 0 Å². The van der Waals surface area contributed by atoms with E-state index in [2.05, 4.69) is 27.3 Å². The van der Waals surface area contributed by atoms with Gasteiger partial charge in [0.15, 0.2) is 0 Å². The predicted octanol–water partition coefficient (Wildman–Crippen LogP) is 2.35. The number of nitrogens with zero attached hydrogens (tertiary/aromatic N) is 3. The number of carbonyl (C=O) groups excluding carboxylic acids is 1. The molecule has 2 saturated heterocycles. The van der Waals surface area contributed by atoms with Gasteiger partial charge < -0.3 is 14.6 Å². The van der Waals surface area contributed by atoms with Crippen LogP contribution in [0.25, 0.3) is 11.4 Å². The molecule has 0 spiro atoms. The van der Waals surface area contributed by atoms with Gasteiger partial charge in [-0.25, -0.2) is 0 Å². The van der Waals surface area contributed by atoms with Gasteiger partial charge in [-0.15, -0.1) is 0 Å². The van der Waals surface area contributed by atoms with Crippen molar-refractivity contribution in [2.45, 2.75) is 57.7 Å². The third-order valence-corrected chi connectivity index (χ3v) is 5.53. The number of ether oxygens (including phenoxy) is 1. The SMILES string of the molecule is Cc1ccc(-c2noc(CCCC(=O)N[C@@H]3C[C@H]4CO[C@H](C)CN4C3)n2)cc1. The summed E-state index contributed by atoms with van der Waals surface area (Å²) in [5.74, 6) is 1.27. The molecule has 0 saturated carbocycles. The normalized spacial score (nSPS) is 24.9. The van der Waals surface area contributed by atoms with Gasteiger partial charge in [0.05, 0.1) is 12.7 Å². The number of aromatic nitrogens is 2. The molecule has 2 fully saturated rings. The first kappa shape index (κ1) is 19.1. The van der Waals surface area contributed by atoms with Gasteiger partial charge in [0.1, 0.15) is 0 Å². The second-order valence-corrected chi connectivity index (χ2v) is 7.98. The van der Waals surface area contributed by atoms with Crippen LogP contribution in [0.3, 0.4) is 0 Å². The Kier molecular flexibility index (Phi) is 5.73. The Labute approximate surface area is 165 Å². The minimum absolute atomic E-state index is 0.0945. The monoisotopic (exact) mass is 384 g/mol. The molecule has 150 valence electrons. The second kappa shape index (κ2) is 8.41. The van der Waals surface area contributed by atoms with Crippen molar-refractivity contribution in [1.82, 2.24) is 20.4 Å². The molecule has 1 amide bonds. The molecule has 1 aromatic carbocycles. The number of hydrogen-bond acceptors (Lipinski definition) is 6. The Bertz CT molecular complexity index is 804. The fourth-order valence-corrected chi connectivity index (χ4v) is 4.02. The first-order valence-electron chi connectivity index (χ1n) is 10.1. The lowest BCUT2D eigenvalue weighted by Crippen LogP contribution is -2.45. The minimum Gasteiger partial charge on any atom is -0.376 e. The van der Waals surface area contributed by atoms with Crippen molar-refractivity contribution in [3.05, 3.63) is 35.7 Å². The summed E-state index contributed by atoms with van der Waals surface area (Å²) in [4.78, 5) is 19.2. The summed E-state index contributed by atoms with van der Waals surface area (Å²) in [5.41, 5.74) is 2.13. The molecule has 0 unspecified atom stereocenters. The van der Waals surface area contributed by atoms with E-state index in [1.807, 2.05) is 31.2 Å². The van der Waals surface area contributed by atoms with Crippen molar-refractivity contribution in [3.63, 3.8) is 0 Å². The first-order chi connectivity index (χ1) is 13.6. The van der Waals surface area contributed by atoms with Gasteiger partial charge in [-0.3, -0.25) is 9.69 Å². The second-order valence-electron chi connectivity index (χ2n) is 7.98. The van der Waals surface area contributed by atoms with Crippen LogP contribution in [0.4, 0.5) is 0 Å². The number of rotatable bonds is 6. The van der Waals surface area contributed by atoms with Gasteiger partial charge in [-0.1, -0.05) is 35.0 Å². The number of carbonyl (C=O) groups is 1. The van der Waals surface area contributed by atoms with E-state index in [0.29, 0.717) is 37.0 Å². The van der Waals surface area contributed by atoms with Crippen LogP contribution >= 0.6 is 0 Å². The maximum atomic E-state index is 12.3. The van der Waals surface area contributed by atoms with Crippen molar-refractivity contribution >= 4 is 5.91 Å². The molecule has 4 rings (SSSR count). The van der Waals surface area contributed by atoms with Gasteiger partial charge in [0.25, 0.3) is 0 Å². The summed E-state index contributed by atoms with van der Waals surface area (Å²) >= 11 is 0. The zero-order valence-corrected chi connectivity index (χ0v) is 16.6. The van der Waals surface area contributed by atoms with Crippen LogP contribution in [0.1, 0.15) is 37.6 Å². The number of morpholine rings is 1. The average Bonchev–Trinajstić information content (AvgIpc) is 3.28. The predicted molar refractivity (Wildman–Crippen MR) is 105 cm³/mol. The molecule has 2 aliphatic heterocycles. The highest BCUT2D eigenvalue weighted by Crippen LogP contribution is 2.23. The van der Waals surface area contributed by atoms with Crippen LogP contribution in [0.5, 0.6) is 0 Å². The van der Waals surface area contributed by atoms with Crippen molar-refractivity contribution in [1.29, 1.82) is 0 Å². The lowest BCUT2D eigenvalue weighted by molar-refractivity contribution is -0.121. The maximum absolute atomic E-state index is 12.3. The van der Waals surface area contributed by atoms with E-state index in [1.54, 1.807) is 0 Å². The third-order valence-electron chi connectivity index (χ3n) is 5.53. The molecule has 3 atom stereocenters. The van der Waals surface area contributed by atoms with Gasteiger partial charge in [0, 0.05) is 43.6 Å². The van der Waals surface area contributed by atoms with Crippen LogP contribution in [0.15, 0.2) is 28.8 Å². The summed E-state index contributed by atoms with van der Waals surface area (Å²) in [7, 11) is 0. The molecule has 1 aromatic heterocycles. The van der Waals surface area contributed by atoms with Gasteiger partial charge in [-0.2, -0.15) is 4.98 Å². The lowest BCUT2D eigenvalue weighted by atomic mass is 10.1. The van der Waals surface area contributed by atoms with E-state index in [0.717, 1.165) is 31.7 Å². The van der Waals surface area contributed by atoms with Crippen LogP contribution < -0.4 is 5.32 Å². The van der Waals surface area contributed by atoms with Gasteiger partial charge in [-0.05, 0) is 26.7 Å². The number of benzene rings is 1. The number of nitrogens with one attached hydrogen (secondary N) is 1. The van der Waals surface area contributed by atoms with Crippen molar-refractivity contribution in [3.8, 4) is 11.4 Å². The molecule has 28 heavy (non-hydrogen) atoms. The maximum Gasteiger partial charge on any atom is 0.226 e. The largest absolute Gasteiger partial charge is 0.376 e. The fourth-order valence-electron chi connectivity index (χ4n) is 4.02. The number of hydrogen-bond donors (Lipinski definition) is 1. The standard InChI is InChI=1S/C21H28N4O3/c1-14-6-8-16(9-7-14)21-23-20(28-24-21)5-3-4-19(26)22-17-10-18-13-27-15(2)11-25(18)12-17/h6-9,15,17-18H,3-5,10-13H2,1-2H3,(H,22,26)/t15-,17-,18+/m1/s1. The molecule has 1 N–H and O–H groups in total. The molecular formula is C21H28N4O3. The topological polar surface area (TPSA) is 80.5 Å². The van der Waals surface area contributed by atoms with E-state index in [4.69, 9.17) is 9.26 Å². The molecule has 0 bridgehead atoms. The molecule has 7 heteroatoms. The molecule has 2 aliphatic rings. The summed E-state index contributed by atoms with van der Waals surface area (Å²) in [6, 6.07) is 8.69. The van der Waals surface area contributed by atoms with E-state index in [1.165, 1.54) is 5.56 Å². The zero-order chi connectivity index (χ0) is 19.5. The molecule has 0 radical (unpaired) electrons. The van der Waals surface area contributed by atoms with Crippen LogP contribution in [-0.2, 0) is 16.0 Å². The highest BCUT2D eigenvalue weighted by Gasteiger charge is 2.36. The molecule has 3 heterocycles. The average molecular weight is 384 g/mol. The highest BCUT2D eigenvalue weighted by molar-refractivity contribution is 5.76. The summed E-state index contributed by atoms with van der Waals surface area (Å²) < 4.78 is 11.0. The fraction of sp³-hybridized carbons (Fsp3) is 0.571. The Morgan fingerprint density at radius 2 is 2.11 bits per heavy atom. The highest BCUT2D eigenvalue weighted by atomic mass is 16.5. The summed E-state index contributed by atoms with van der Waals surface area (Å²) in [6.07, 6.45) is 3.03. The number of amides is 1. The first-order valence-corrected chi connectivity index (χ1v) is 10.1. The van der Waals surface area contributed by atoms with Crippen LogP contribution in [0, 0.1) is 6.92 Å². The molecule has 2 aromatic rings. The quantitative estimate of drug-likeness (QED) is 0.823. The van der Waals surface area contributed by atoms with Crippen molar-refractivity contribution < 1.29 is 14.1 Å². The third kappa shape index (κ3) is 4.59. The van der Waals surface area contributed by atoms with Crippen molar-refractivity contribution in [2.24, 2.45) is 0 Å². The zero-order valence-electron chi connectivity index (χ0n) is 16.6.